The zero-order valence-electron chi connectivity index (χ0n) is 8.36. The van der Waals surface area contributed by atoms with E-state index in [1.165, 1.54) is 0 Å². The number of nitrogens with zero attached hydrogens (tertiary/aromatic N) is 1. The summed E-state index contributed by atoms with van der Waals surface area (Å²) >= 11 is 0. The Balaban J connectivity index is 2.09. The van der Waals surface area contributed by atoms with Gasteiger partial charge in [0, 0.05) is 18.5 Å². The van der Waals surface area contributed by atoms with Crippen molar-refractivity contribution in [2.24, 2.45) is 0 Å². The van der Waals surface area contributed by atoms with Crippen molar-refractivity contribution >= 4 is 5.69 Å². The van der Waals surface area contributed by atoms with Gasteiger partial charge >= 0.3 is 0 Å². The fourth-order valence-corrected chi connectivity index (χ4v) is 1.93. The van der Waals surface area contributed by atoms with Gasteiger partial charge in [-0.1, -0.05) is 35.5 Å². The molecule has 0 aliphatic carbocycles. The van der Waals surface area contributed by atoms with Crippen LogP contribution in [0.4, 0.5) is 5.69 Å². The molecule has 1 aliphatic rings. The highest BCUT2D eigenvalue weighted by Crippen LogP contribution is 2.32. The summed E-state index contributed by atoms with van der Waals surface area (Å²) in [6.45, 7) is 1.01. The van der Waals surface area contributed by atoms with Crippen molar-refractivity contribution in [3.8, 4) is 11.3 Å². The van der Waals surface area contributed by atoms with Crippen molar-refractivity contribution in [1.29, 1.82) is 0 Å². The average Bonchev–Trinajstić information content (AvgIpc) is 2.74. The lowest BCUT2D eigenvalue weighted by Gasteiger charge is -2.12. The second kappa shape index (κ2) is 3.42. The van der Waals surface area contributed by atoms with Crippen LogP contribution in [0.3, 0.4) is 0 Å². The van der Waals surface area contributed by atoms with Crippen LogP contribution in [0.15, 0.2) is 34.9 Å². The smallest absolute Gasteiger partial charge is 0.160 e. The molecular weight excluding hydrogens is 188 g/mol. The van der Waals surface area contributed by atoms with Crippen molar-refractivity contribution in [2.45, 2.75) is 12.8 Å². The topological polar surface area (TPSA) is 38.1 Å². The van der Waals surface area contributed by atoms with Gasteiger partial charge in [0.25, 0.3) is 0 Å². The van der Waals surface area contributed by atoms with Crippen LogP contribution in [0.2, 0.25) is 0 Å². The molecule has 0 radical (unpaired) electrons. The van der Waals surface area contributed by atoms with Gasteiger partial charge in [-0.05, 0) is 6.42 Å². The van der Waals surface area contributed by atoms with Crippen molar-refractivity contribution in [3.63, 3.8) is 0 Å². The third kappa shape index (κ3) is 1.40. The van der Waals surface area contributed by atoms with Crippen LogP contribution < -0.4 is 5.32 Å². The molecule has 0 saturated carbocycles. The van der Waals surface area contributed by atoms with E-state index in [2.05, 4.69) is 22.6 Å². The van der Waals surface area contributed by atoms with E-state index in [0.717, 1.165) is 42.1 Å². The SMILES string of the molecule is c1ccc(-c2noc3c2NCCC3)cc1. The summed E-state index contributed by atoms with van der Waals surface area (Å²) in [7, 11) is 0. The number of benzene rings is 1. The van der Waals surface area contributed by atoms with Gasteiger partial charge in [0.05, 0.1) is 0 Å². The van der Waals surface area contributed by atoms with Crippen LogP contribution in [-0.2, 0) is 6.42 Å². The molecule has 0 amide bonds. The molecule has 0 spiro atoms. The van der Waals surface area contributed by atoms with Crippen molar-refractivity contribution in [2.75, 3.05) is 11.9 Å². The first-order valence-corrected chi connectivity index (χ1v) is 5.23. The number of aryl methyl sites for hydroxylation is 1. The molecule has 0 bridgehead atoms. The third-order valence-corrected chi connectivity index (χ3v) is 2.69. The van der Waals surface area contributed by atoms with Crippen molar-refractivity contribution in [3.05, 3.63) is 36.1 Å². The van der Waals surface area contributed by atoms with E-state index in [1.807, 2.05) is 18.2 Å². The highest BCUT2D eigenvalue weighted by Gasteiger charge is 2.19. The number of fused-ring (bicyclic) bond motifs is 1. The van der Waals surface area contributed by atoms with E-state index in [9.17, 15) is 0 Å². The van der Waals surface area contributed by atoms with Crippen LogP contribution in [-0.4, -0.2) is 11.7 Å². The molecule has 0 unspecified atom stereocenters. The van der Waals surface area contributed by atoms with E-state index in [4.69, 9.17) is 4.52 Å². The summed E-state index contributed by atoms with van der Waals surface area (Å²) < 4.78 is 5.33. The molecule has 3 nitrogen and oxygen atoms in total. The lowest BCUT2D eigenvalue weighted by molar-refractivity contribution is 0.382. The highest BCUT2D eigenvalue weighted by molar-refractivity contribution is 5.75. The molecule has 1 aliphatic heterocycles. The lowest BCUT2D eigenvalue weighted by Crippen LogP contribution is -2.10. The maximum atomic E-state index is 5.33. The maximum absolute atomic E-state index is 5.33. The fourth-order valence-electron chi connectivity index (χ4n) is 1.93. The molecule has 0 atom stereocenters. The Kier molecular flexibility index (Phi) is 1.95. The van der Waals surface area contributed by atoms with E-state index in [0.29, 0.717) is 0 Å². The second-order valence-corrected chi connectivity index (χ2v) is 3.73. The first-order chi connectivity index (χ1) is 7.45. The molecule has 2 heterocycles. The number of aromatic nitrogens is 1. The number of rotatable bonds is 1. The maximum Gasteiger partial charge on any atom is 0.160 e. The van der Waals surface area contributed by atoms with Gasteiger partial charge in [0.1, 0.15) is 11.4 Å². The predicted molar refractivity (Wildman–Crippen MR) is 58.7 cm³/mol. The number of hydrogen-bond donors (Lipinski definition) is 1. The number of nitrogens with one attached hydrogen (secondary N) is 1. The normalized spacial score (nSPS) is 14.4. The van der Waals surface area contributed by atoms with E-state index in [1.54, 1.807) is 0 Å². The molecule has 0 saturated heterocycles. The standard InChI is InChI=1S/C12H12N2O/c1-2-5-9(6-3-1)11-12-10(15-14-11)7-4-8-13-12/h1-3,5-6,13H,4,7-8H2. The van der Waals surface area contributed by atoms with Gasteiger partial charge < -0.3 is 9.84 Å². The third-order valence-electron chi connectivity index (χ3n) is 2.69. The Morgan fingerprint density at radius 1 is 1.20 bits per heavy atom. The zero-order valence-corrected chi connectivity index (χ0v) is 8.36. The Bertz CT molecular complexity index is 462. The number of hydrogen-bond acceptors (Lipinski definition) is 3. The van der Waals surface area contributed by atoms with Crippen LogP contribution in [0.1, 0.15) is 12.2 Å². The van der Waals surface area contributed by atoms with E-state index in [-0.39, 0.29) is 0 Å². The second-order valence-electron chi connectivity index (χ2n) is 3.73. The zero-order chi connectivity index (χ0) is 10.1. The first-order valence-electron chi connectivity index (χ1n) is 5.23. The Hall–Kier alpha value is -1.77. The van der Waals surface area contributed by atoms with Crippen LogP contribution in [0.5, 0.6) is 0 Å². The van der Waals surface area contributed by atoms with Crippen LogP contribution >= 0.6 is 0 Å². The highest BCUT2D eigenvalue weighted by atomic mass is 16.5. The minimum atomic E-state index is 0.935. The fraction of sp³-hybridized carbons (Fsp3) is 0.250. The summed E-state index contributed by atoms with van der Waals surface area (Å²) in [6.07, 6.45) is 2.11. The summed E-state index contributed by atoms with van der Waals surface area (Å²) in [4.78, 5) is 0. The Labute approximate surface area is 88.1 Å². The minimum absolute atomic E-state index is 0.935. The molecular formula is C12H12N2O. The molecule has 0 fully saturated rings. The summed E-state index contributed by atoms with van der Waals surface area (Å²) in [5.41, 5.74) is 3.12. The summed E-state index contributed by atoms with van der Waals surface area (Å²) in [5.74, 6) is 0.986. The van der Waals surface area contributed by atoms with E-state index < -0.39 is 0 Å². The van der Waals surface area contributed by atoms with Crippen LogP contribution in [0.25, 0.3) is 11.3 Å². The lowest BCUT2D eigenvalue weighted by atomic mass is 10.1. The molecule has 1 aromatic heterocycles. The largest absolute Gasteiger partial charge is 0.380 e. The van der Waals surface area contributed by atoms with E-state index >= 15 is 0 Å². The summed E-state index contributed by atoms with van der Waals surface area (Å²) in [5, 5.41) is 7.48. The molecule has 1 aromatic carbocycles. The Morgan fingerprint density at radius 3 is 2.93 bits per heavy atom. The molecule has 15 heavy (non-hydrogen) atoms. The molecule has 3 rings (SSSR count). The quantitative estimate of drug-likeness (QED) is 0.769. The van der Waals surface area contributed by atoms with Crippen molar-refractivity contribution < 1.29 is 4.52 Å². The summed E-state index contributed by atoms with van der Waals surface area (Å²) in [6, 6.07) is 10.1. The number of anilines is 1. The molecule has 2 aromatic rings. The Morgan fingerprint density at radius 2 is 2.07 bits per heavy atom. The van der Waals surface area contributed by atoms with Gasteiger partial charge in [-0.25, -0.2) is 0 Å². The van der Waals surface area contributed by atoms with Gasteiger partial charge in [0.2, 0.25) is 0 Å². The molecule has 3 heteroatoms. The van der Waals surface area contributed by atoms with Gasteiger partial charge in [-0.2, -0.15) is 0 Å². The molecule has 1 N–H and O–H groups in total. The van der Waals surface area contributed by atoms with Crippen LogP contribution in [0, 0.1) is 0 Å². The van der Waals surface area contributed by atoms with Crippen molar-refractivity contribution in [1.82, 2.24) is 5.16 Å². The van der Waals surface area contributed by atoms with Gasteiger partial charge in [-0.3, -0.25) is 0 Å². The minimum Gasteiger partial charge on any atom is -0.380 e. The van der Waals surface area contributed by atoms with Gasteiger partial charge in [-0.15, -0.1) is 0 Å². The monoisotopic (exact) mass is 200 g/mol. The van der Waals surface area contributed by atoms with Gasteiger partial charge in [0.15, 0.2) is 5.76 Å². The molecule has 76 valence electrons. The predicted octanol–water partition coefficient (Wildman–Crippen LogP) is 2.70. The first kappa shape index (κ1) is 8.53. The average molecular weight is 200 g/mol.